The van der Waals surface area contributed by atoms with Gasteiger partial charge in [-0.1, -0.05) is 70.8 Å². The van der Waals surface area contributed by atoms with Gasteiger partial charge in [0.05, 0.1) is 16.2 Å². The van der Waals surface area contributed by atoms with Gasteiger partial charge < -0.3 is 14.7 Å². The summed E-state index contributed by atoms with van der Waals surface area (Å²) in [6, 6.07) is 20.3. The highest BCUT2D eigenvalue weighted by atomic mass is 35.5. The highest BCUT2D eigenvalue weighted by Gasteiger charge is 2.16. The van der Waals surface area contributed by atoms with E-state index in [1.54, 1.807) is 12.1 Å². The van der Waals surface area contributed by atoms with E-state index >= 15 is 0 Å². The van der Waals surface area contributed by atoms with Crippen LogP contribution >= 0.6 is 23.2 Å². The minimum absolute atomic E-state index is 0.137. The van der Waals surface area contributed by atoms with Crippen LogP contribution in [0, 0.1) is 0 Å². The number of benzene rings is 3. The van der Waals surface area contributed by atoms with E-state index in [0.717, 1.165) is 25.1 Å². The number of nitrogens with zero attached hydrogens (tertiary/aromatic N) is 4. The van der Waals surface area contributed by atoms with E-state index in [9.17, 15) is 5.11 Å². The van der Waals surface area contributed by atoms with Gasteiger partial charge in [-0.25, -0.2) is 4.98 Å². The molecule has 3 aromatic carbocycles. The highest BCUT2D eigenvalue weighted by Crippen LogP contribution is 2.35. The predicted molar refractivity (Wildman–Crippen MR) is 134 cm³/mol. The number of para-hydroxylation sites is 1. The number of ether oxygens (including phenoxy) is 1. The monoisotopic (exact) mass is 492 g/mol. The van der Waals surface area contributed by atoms with Crippen molar-refractivity contribution in [3.05, 3.63) is 93.6 Å². The standard InChI is InChI=1S/C26H22Cl2N4O2/c27-21-12-20(13-22(28)25(21)33)23-14-29-26(31-30-23)34-16-18-9-7-17(8-10-18)15-32-11-3-5-19-4-1-2-6-24(19)32/h1-2,4,6-10,12-14,33H,3,5,11,15-16H2. The number of aromatic nitrogens is 3. The number of fused-ring (bicyclic) bond motifs is 1. The first kappa shape index (κ1) is 22.4. The van der Waals surface area contributed by atoms with E-state index < -0.39 is 0 Å². The van der Waals surface area contributed by atoms with E-state index in [4.69, 9.17) is 27.9 Å². The van der Waals surface area contributed by atoms with Gasteiger partial charge in [0.15, 0.2) is 5.75 Å². The molecule has 172 valence electrons. The molecule has 8 heteroatoms. The van der Waals surface area contributed by atoms with Gasteiger partial charge in [-0.15, -0.1) is 5.10 Å². The van der Waals surface area contributed by atoms with Gasteiger partial charge in [-0.2, -0.15) is 0 Å². The first-order valence-corrected chi connectivity index (χ1v) is 11.7. The number of rotatable bonds is 6. The molecule has 34 heavy (non-hydrogen) atoms. The van der Waals surface area contributed by atoms with E-state index in [2.05, 4.69) is 68.6 Å². The quantitative estimate of drug-likeness (QED) is 0.351. The number of halogens is 2. The summed E-state index contributed by atoms with van der Waals surface area (Å²) in [5.41, 5.74) is 6.12. The van der Waals surface area contributed by atoms with Crippen molar-refractivity contribution in [2.75, 3.05) is 11.4 Å². The Labute approximate surface area is 207 Å². The van der Waals surface area contributed by atoms with Crippen molar-refractivity contribution >= 4 is 28.9 Å². The number of hydrogen-bond acceptors (Lipinski definition) is 6. The summed E-state index contributed by atoms with van der Waals surface area (Å²) in [6.45, 7) is 2.30. The molecular weight excluding hydrogens is 471 g/mol. The van der Waals surface area contributed by atoms with Gasteiger partial charge in [0.25, 0.3) is 0 Å². The maximum Gasteiger partial charge on any atom is 0.336 e. The second-order valence-corrected chi connectivity index (χ2v) is 8.99. The van der Waals surface area contributed by atoms with Crippen molar-refractivity contribution in [1.29, 1.82) is 0 Å². The van der Waals surface area contributed by atoms with Crippen molar-refractivity contribution in [1.82, 2.24) is 15.2 Å². The maximum absolute atomic E-state index is 9.70. The zero-order chi connectivity index (χ0) is 23.5. The topological polar surface area (TPSA) is 71.4 Å². The largest absolute Gasteiger partial charge is 0.505 e. The van der Waals surface area contributed by atoms with Crippen molar-refractivity contribution < 1.29 is 9.84 Å². The van der Waals surface area contributed by atoms with E-state index in [1.807, 2.05) is 0 Å². The number of phenols is 1. The summed E-state index contributed by atoms with van der Waals surface area (Å²) in [5, 5.41) is 18.1. The molecule has 5 rings (SSSR count). The Morgan fingerprint density at radius 2 is 1.68 bits per heavy atom. The third kappa shape index (κ3) is 4.93. The molecule has 4 aromatic rings. The normalized spacial score (nSPS) is 12.9. The van der Waals surface area contributed by atoms with Crippen LogP contribution in [0.5, 0.6) is 11.8 Å². The smallest absolute Gasteiger partial charge is 0.336 e. The summed E-state index contributed by atoms with van der Waals surface area (Å²) in [5.74, 6) is -0.167. The molecule has 2 heterocycles. The molecule has 0 bridgehead atoms. The van der Waals surface area contributed by atoms with Crippen LogP contribution < -0.4 is 9.64 Å². The molecule has 0 aliphatic carbocycles. The Hall–Kier alpha value is -3.35. The van der Waals surface area contributed by atoms with Crippen LogP contribution in [0.15, 0.2) is 66.9 Å². The SMILES string of the molecule is Oc1c(Cl)cc(-c2cnc(OCc3ccc(CN4CCCc5ccccc54)cc3)nn2)cc1Cl. The van der Waals surface area contributed by atoms with E-state index in [1.165, 1.54) is 29.4 Å². The fourth-order valence-corrected chi connectivity index (χ4v) is 4.55. The Bertz CT molecular complexity index is 1270. The highest BCUT2D eigenvalue weighted by molar-refractivity contribution is 6.37. The van der Waals surface area contributed by atoms with Crippen molar-refractivity contribution in [3.8, 4) is 23.0 Å². The molecule has 0 radical (unpaired) electrons. The van der Waals surface area contributed by atoms with Crippen LogP contribution in [0.3, 0.4) is 0 Å². The molecule has 1 N–H and O–H groups in total. The fourth-order valence-electron chi connectivity index (χ4n) is 4.06. The van der Waals surface area contributed by atoms with Crippen LogP contribution in [0.4, 0.5) is 5.69 Å². The number of hydrogen-bond donors (Lipinski definition) is 1. The molecule has 0 saturated heterocycles. The third-order valence-electron chi connectivity index (χ3n) is 5.82. The molecule has 6 nitrogen and oxygen atoms in total. The molecule has 1 aliphatic heterocycles. The van der Waals surface area contributed by atoms with Gasteiger partial charge >= 0.3 is 6.01 Å². The van der Waals surface area contributed by atoms with Crippen LogP contribution in [0.2, 0.25) is 10.0 Å². The van der Waals surface area contributed by atoms with Gasteiger partial charge in [0.2, 0.25) is 0 Å². The lowest BCUT2D eigenvalue weighted by Gasteiger charge is -2.31. The Morgan fingerprint density at radius 3 is 2.41 bits per heavy atom. The summed E-state index contributed by atoms with van der Waals surface area (Å²) < 4.78 is 5.70. The molecule has 0 spiro atoms. The zero-order valence-electron chi connectivity index (χ0n) is 18.3. The van der Waals surface area contributed by atoms with Crippen molar-refractivity contribution in [3.63, 3.8) is 0 Å². The summed E-state index contributed by atoms with van der Waals surface area (Å²) >= 11 is 12.0. The number of anilines is 1. The molecule has 1 aromatic heterocycles. The molecule has 0 fully saturated rings. The van der Waals surface area contributed by atoms with Crippen molar-refractivity contribution in [2.45, 2.75) is 26.0 Å². The molecule has 0 unspecified atom stereocenters. The third-order valence-corrected chi connectivity index (χ3v) is 6.40. The summed E-state index contributed by atoms with van der Waals surface area (Å²) in [7, 11) is 0. The minimum atomic E-state index is -0.167. The fraction of sp³-hybridized carbons (Fsp3) is 0.192. The Morgan fingerprint density at radius 1 is 0.941 bits per heavy atom. The lowest BCUT2D eigenvalue weighted by atomic mass is 10.0. The summed E-state index contributed by atoms with van der Waals surface area (Å²) in [4.78, 5) is 6.66. The zero-order valence-corrected chi connectivity index (χ0v) is 19.8. The Kier molecular flexibility index (Phi) is 6.52. The van der Waals surface area contributed by atoms with E-state index in [-0.39, 0.29) is 21.8 Å². The van der Waals surface area contributed by atoms with Crippen LogP contribution in [-0.2, 0) is 19.6 Å². The molecule has 0 saturated carbocycles. The van der Waals surface area contributed by atoms with E-state index in [0.29, 0.717) is 17.9 Å². The van der Waals surface area contributed by atoms with Crippen LogP contribution in [-0.4, -0.2) is 26.8 Å². The number of aromatic hydroxyl groups is 1. The predicted octanol–water partition coefficient (Wildman–Crippen LogP) is 6.08. The Balaban J connectivity index is 1.19. The van der Waals surface area contributed by atoms with Gasteiger partial charge in [0.1, 0.15) is 12.3 Å². The summed E-state index contributed by atoms with van der Waals surface area (Å²) in [6.07, 6.45) is 3.86. The minimum Gasteiger partial charge on any atom is -0.505 e. The lowest BCUT2D eigenvalue weighted by Crippen LogP contribution is -2.28. The van der Waals surface area contributed by atoms with Gasteiger partial charge in [-0.05, 0) is 47.7 Å². The van der Waals surface area contributed by atoms with Crippen LogP contribution in [0.1, 0.15) is 23.1 Å². The maximum atomic E-state index is 9.70. The molecule has 0 atom stereocenters. The van der Waals surface area contributed by atoms with Crippen molar-refractivity contribution in [2.24, 2.45) is 0 Å². The van der Waals surface area contributed by atoms with Gasteiger partial charge in [0, 0.05) is 24.3 Å². The first-order valence-electron chi connectivity index (χ1n) is 11.0. The average Bonchev–Trinajstić information content (AvgIpc) is 2.87. The molecule has 1 aliphatic rings. The number of aryl methyl sites for hydroxylation is 1. The second kappa shape index (κ2) is 9.87. The van der Waals surface area contributed by atoms with Gasteiger partial charge in [-0.3, -0.25) is 0 Å². The molecular formula is C26H22Cl2N4O2. The lowest BCUT2D eigenvalue weighted by molar-refractivity contribution is 0.276. The molecule has 0 amide bonds. The number of phenolic OH excluding ortho intramolecular Hbond substituents is 1. The average molecular weight is 493 g/mol. The second-order valence-electron chi connectivity index (χ2n) is 8.17. The van der Waals surface area contributed by atoms with Crippen LogP contribution in [0.25, 0.3) is 11.3 Å². The first-order chi connectivity index (χ1) is 16.6.